The molecule has 0 aromatic heterocycles. The van der Waals surface area contributed by atoms with Crippen molar-refractivity contribution in [1.29, 1.82) is 0 Å². The fourth-order valence-electron chi connectivity index (χ4n) is 5.28. The van der Waals surface area contributed by atoms with Crippen molar-refractivity contribution in [2.45, 2.75) is 19.4 Å². The van der Waals surface area contributed by atoms with Crippen LogP contribution >= 0.6 is 0 Å². The maximum atomic E-state index is 13.3. The van der Waals surface area contributed by atoms with E-state index in [1.54, 1.807) is 4.90 Å². The molecular formula is C43H64N2O14. The summed E-state index contributed by atoms with van der Waals surface area (Å²) in [5, 5.41) is 11.4. The predicted molar refractivity (Wildman–Crippen MR) is 218 cm³/mol. The van der Waals surface area contributed by atoms with Crippen LogP contribution in [0.2, 0.25) is 0 Å². The minimum absolute atomic E-state index is 0.0170. The lowest BCUT2D eigenvalue weighted by Gasteiger charge is -2.26. The van der Waals surface area contributed by atoms with Crippen LogP contribution in [-0.2, 0) is 68.2 Å². The summed E-state index contributed by atoms with van der Waals surface area (Å²) in [6.45, 7) is 10.8. The van der Waals surface area contributed by atoms with Gasteiger partial charge in [-0.3, -0.25) is 9.59 Å². The molecule has 2 N–H and O–H groups in total. The van der Waals surface area contributed by atoms with Crippen molar-refractivity contribution in [1.82, 2.24) is 5.32 Å². The molecule has 0 atom stereocenters. The fourth-order valence-corrected chi connectivity index (χ4v) is 5.28. The largest absolute Gasteiger partial charge is 0.394 e. The zero-order valence-corrected chi connectivity index (χ0v) is 34.4. The van der Waals surface area contributed by atoms with E-state index in [1.165, 1.54) is 0 Å². The number of aliphatic hydroxyl groups excluding tert-OH is 1. The van der Waals surface area contributed by atoms with Gasteiger partial charge in [0.2, 0.25) is 11.8 Å². The van der Waals surface area contributed by atoms with Crippen LogP contribution in [-0.4, -0.2) is 175 Å². The Bertz CT molecular complexity index is 1440. The highest BCUT2D eigenvalue weighted by molar-refractivity contribution is 5.96. The number of rotatable bonds is 38. The molecule has 0 bridgehead atoms. The molecule has 2 aromatic rings. The Kier molecular flexibility index (Phi) is 29.8. The molecule has 59 heavy (non-hydrogen) atoms. The number of carbonyl (C=O) groups excluding carboxylic acids is 2. The molecule has 1 aliphatic rings. The number of amides is 2. The molecule has 0 fully saturated rings. The molecular weight excluding hydrogens is 768 g/mol. The lowest BCUT2D eigenvalue weighted by Crippen LogP contribution is -2.34. The van der Waals surface area contributed by atoms with Gasteiger partial charge in [-0.15, -0.1) is 0 Å². The molecule has 2 amide bonds. The summed E-state index contributed by atoms with van der Waals surface area (Å²) < 4.78 is 59.8. The minimum Gasteiger partial charge on any atom is -0.394 e. The summed E-state index contributed by atoms with van der Waals surface area (Å²) >= 11 is 0. The van der Waals surface area contributed by atoms with Crippen LogP contribution in [0.5, 0.6) is 0 Å². The molecule has 2 aromatic carbocycles. The van der Waals surface area contributed by atoms with Crippen LogP contribution in [0.3, 0.4) is 0 Å². The lowest BCUT2D eigenvalue weighted by molar-refractivity contribution is -0.125. The van der Waals surface area contributed by atoms with Crippen molar-refractivity contribution >= 4 is 17.5 Å². The summed E-state index contributed by atoms with van der Waals surface area (Å²) in [6, 6.07) is 15.4. The number of nitrogens with zero attached hydrogens (tertiary/aromatic N) is 1. The van der Waals surface area contributed by atoms with Crippen molar-refractivity contribution < 1.29 is 66.8 Å². The first-order chi connectivity index (χ1) is 29.2. The number of nitrogens with one attached hydrogen (secondary N) is 1. The molecule has 0 spiro atoms. The minimum atomic E-state index is -0.202. The zero-order valence-electron chi connectivity index (χ0n) is 34.4. The molecule has 330 valence electrons. The van der Waals surface area contributed by atoms with Crippen LogP contribution in [0, 0.1) is 11.8 Å². The van der Waals surface area contributed by atoms with Gasteiger partial charge in [-0.05, 0) is 23.8 Å². The second-order valence-electron chi connectivity index (χ2n) is 12.7. The molecule has 0 saturated heterocycles. The number of hydrogen-bond donors (Lipinski definition) is 2. The van der Waals surface area contributed by atoms with Crippen LogP contribution in [0.4, 0.5) is 5.69 Å². The van der Waals surface area contributed by atoms with Crippen LogP contribution in [0.25, 0.3) is 0 Å². The first-order valence-corrected chi connectivity index (χ1v) is 20.4. The number of benzene rings is 2. The Labute approximate surface area is 348 Å². The van der Waals surface area contributed by atoms with E-state index >= 15 is 0 Å². The first kappa shape index (κ1) is 49.8. The van der Waals surface area contributed by atoms with Gasteiger partial charge in [0.05, 0.1) is 164 Å². The molecule has 0 unspecified atom stereocenters. The van der Waals surface area contributed by atoms with E-state index in [1.807, 2.05) is 48.5 Å². The van der Waals surface area contributed by atoms with E-state index in [0.29, 0.717) is 158 Å². The smallest absolute Gasteiger partial charge is 0.227 e. The molecule has 3 rings (SSSR count). The summed E-state index contributed by atoms with van der Waals surface area (Å²) in [5.41, 5.74) is 3.40. The van der Waals surface area contributed by atoms with Gasteiger partial charge in [0, 0.05) is 30.5 Å². The van der Waals surface area contributed by atoms with E-state index < -0.39 is 0 Å². The number of aliphatic hydroxyl groups is 1. The molecule has 0 aliphatic carbocycles. The molecule has 0 saturated carbocycles. The topological polar surface area (TPSA) is 171 Å². The van der Waals surface area contributed by atoms with E-state index in [4.69, 9.17) is 57.2 Å². The monoisotopic (exact) mass is 832 g/mol. The first-order valence-electron chi connectivity index (χ1n) is 20.4. The summed E-state index contributed by atoms with van der Waals surface area (Å²) in [4.78, 5) is 27.5. The summed E-state index contributed by atoms with van der Waals surface area (Å²) in [6.07, 6.45) is 0.171. The normalized spacial score (nSPS) is 12.0. The Hall–Kier alpha value is -3.54. The third kappa shape index (κ3) is 25.0. The fraction of sp³-hybridized carbons (Fsp3) is 0.628. The Morgan fingerprint density at radius 3 is 1.32 bits per heavy atom. The number of fused-ring (bicyclic) bond motifs is 2. The number of hydrogen-bond acceptors (Lipinski definition) is 14. The molecule has 1 aliphatic heterocycles. The van der Waals surface area contributed by atoms with Crippen molar-refractivity contribution in [3.8, 4) is 11.8 Å². The number of anilines is 1. The van der Waals surface area contributed by atoms with Gasteiger partial charge in [0.25, 0.3) is 0 Å². The van der Waals surface area contributed by atoms with Crippen LogP contribution < -0.4 is 10.2 Å². The zero-order chi connectivity index (χ0) is 41.7. The molecule has 0 radical (unpaired) electrons. The lowest BCUT2D eigenvalue weighted by atomic mass is 10.0. The third-order valence-electron chi connectivity index (χ3n) is 8.26. The van der Waals surface area contributed by atoms with Gasteiger partial charge in [-0.25, -0.2) is 0 Å². The Morgan fingerprint density at radius 2 is 0.864 bits per heavy atom. The maximum Gasteiger partial charge on any atom is 0.227 e. The summed E-state index contributed by atoms with van der Waals surface area (Å²) in [5.74, 6) is 6.07. The van der Waals surface area contributed by atoms with E-state index in [2.05, 4.69) is 17.2 Å². The standard InChI is InChI=1S/C43H64N2O14/c46-14-16-50-18-20-52-22-24-54-26-28-56-30-32-58-34-36-59-35-33-57-31-29-55-27-25-53-23-21-51-19-17-49-15-13-44-42(47)11-12-43(48)45-37-40-7-2-1-5-38(40)9-10-39-6-3-4-8-41(39)45/h1-8,46H,11-37H2,(H,44,47). The van der Waals surface area contributed by atoms with Crippen LogP contribution in [0.15, 0.2) is 48.5 Å². The van der Waals surface area contributed by atoms with E-state index in [0.717, 1.165) is 22.4 Å². The highest BCUT2D eigenvalue weighted by Gasteiger charge is 2.21. The van der Waals surface area contributed by atoms with E-state index in [-0.39, 0.29) is 31.3 Å². The van der Waals surface area contributed by atoms with Crippen molar-refractivity contribution in [2.75, 3.05) is 163 Å². The number of para-hydroxylation sites is 1. The van der Waals surface area contributed by atoms with Gasteiger partial charge in [0.15, 0.2) is 0 Å². The second-order valence-corrected chi connectivity index (χ2v) is 12.7. The highest BCUT2D eigenvalue weighted by atomic mass is 16.6. The van der Waals surface area contributed by atoms with Gasteiger partial charge >= 0.3 is 0 Å². The average molecular weight is 833 g/mol. The van der Waals surface area contributed by atoms with Crippen molar-refractivity contribution in [3.63, 3.8) is 0 Å². The molecule has 16 heteroatoms. The number of ether oxygens (including phenoxy) is 11. The predicted octanol–water partition coefficient (Wildman–Crippen LogP) is 2.00. The van der Waals surface area contributed by atoms with Gasteiger partial charge < -0.3 is 67.4 Å². The number of carbonyl (C=O) groups is 2. The van der Waals surface area contributed by atoms with E-state index in [9.17, 15) is 9.59 Å². The SMILES string of the molecule is O=C(CCC(=O)N1Cc2ccccc2C#Cc2ccccc21)NCCOCCOCCOCCOCCOCCOCCOCCOCCOCCOCCOCCO. The quantitative estimate of drug-likeness (QED) is 0.0744. The van der Waals surface area contributed by atoms with Crippen LogP contribution in [0.1, 0.15) is 29.5 Å². The second kappa shape index (κ2) is 35.2. The Morgan fingerprint density at radius 1 is 0.492 bits per heavy atom. The average Bonchev–Trinajstić information content (AvgIpc) is 3.25. The molecule has 1 heterocycles. The van der Waals surface area contributed by atoms with Gasteiger partial charge in [0.1, 0.15) is 0 Å². The Balaban J connectivity index is 0.993. The van der Waals surface area contributed by atoms with Gasteiger partial charge in [-0.1, -0.05) is 42.2 Å². The van der Waals surface area contributed by atoms with Gasteiger partial charge in [-0.2, -0.15) is 0 Å². The molecule has 16 nitrogen and oxygen atoms in total. The van der Waals surface area contributed by atoms with Crippen molar-refractivity contribution in [3.05, 3.63) is 65.2 Å². The van der Waals surface area contributed by atoms with Crippen molar-refractivity contribution in [2.24, 2.45) is 0 Å². The maximum absolute atomic E-state index is 13.3. The summed E-state index contributed by atoms with van der Waals surface area (Å²) in [7, 11) is 0. The third-order valence-corrected chi connectivity index (χ3v) is 8.26. The highest BCUT2D eigenvalue weighted by Crippen LogP contribution is 2.26.